The molecule has 2 heterocycles. The summed E-state index contributed by atoms with van der Waals surface area (Å²) in [5, 5.41) is 1.07. The fourth-order valence-corrected chi connectivity index (χ4v) is 2.05. The van der Waals surface area contributed by atoms with E-state index in [1.807, 2.05) is 0 Å². The summed E-state index contributed by atoms with van der Waals surface area (Å²) in [4.78, 5) is 8.40. The molecule has 0 radical (unpaired) electrons. The average molecular weight is 230 g/mol. The highest BCUT2D eigenvalue weighted by Gasteiger charge is 2.16. The van der Waals surface area contributed by atoms with Crippen molar-refractivity contribution >= 4 is 24.8 Å². The number of nitrogen functional groups attached to an aromatic ring is 1. The second kappa shape index (κ2) is 4.06. The Bertz CT molecular complexity index is 539. The Morgan fingerprint density at radius 2 is 2.12 bits per heavy atom. The molecule has 90 valence electrons. The molecule has 0 spiro atoms. The largest absolute Gasteiger partial charge is 0.368 e. The predicted molar refractivity (Wildman–Crippen MR) is 73.6 cm³/mol. The Balaban J connectivity index is 2.60. The SMILES string of the molecule is BCc1cc2cnc(N)nc2n1CC(C)(C)C. The zero-order valence-electron chi connectivity index (χ0n) is 11.0. The van der Waals surface area contributed by atoms with E-state index < -0.39 is 0 Å². The molecule has 0 unspecified atom stereocenters. The first-order valence-electron chi connectivity index (χ1n) is 6.01. The van der Waals surface area contributed by atoms with Gasteiger partial charge in [-0.2, -0.15) is 4.98 Å². The minimum atomic E-state index is 0.218. The molecule has 17 heavy (non-hydrogen) atoms. The van der Waals surface area contributed by atoms with Gasteiger partial charge in [0.05, 0.1) is 0 Å². The van der Waals surface area contributed by atoms with Gasteiger partial charge < -0.3 is 10.3 Å². The fourth-order valence-electron chi connectivity index (χ4n) is 2.05. The number of rotatable bonds is 2. The van der Waals surface area contributed by atoms with Crippen molar-refractivity contribution in [2.24, 2.45) is 5.41 Å². The molecule has 4 nitrogen and oxygen atoms in total. The highest BCUT2D eigenvalue weighted by molar-refractivity contribution is 6.08. The summed E-state index contributed by atoms with van der Waals surface area (Å²) in [6.45, 7) is 7.62. The molecule has 0 aliphatic heterocycles. The maximum atomic E-state index is 5.67. The van der Waals surface area contributed by atoms with E-state index in [2.05, 4.69) is 49.2 Å². The van der Waals surface area contributed by atoms with Crippen molar-refractivity contribution < 1.29 is 0 Å². The van der Waals surface area contributed by atoms with Crippen LogP contribution in [0.1, 0.15) is 26.5 Å². The van der Waals surface area contributed by atoms with Crippen LogP contribution in [0.5, 0.6) is 0 Å². The van der Waals surface area contributed by atoms with Gasteiger partial charge in [-0.15, -0.1) is 0 Å². The molecular formula is C12H19BN4. The molecule has 2 rings (SSSR count). The molecular weight excluding hydrogens is 211 g/mol. The second-order valence-electron chi connectivity index (χ2n) is 5.64. The van der Waals surface area contributed by atoms with Crippen molar-refractivity contribution in [3.63, 3.8) is 0 Å². The second-order valence-corrected chi connectivity index (χ2v) is 5.64. The Morgan fingerprint density at radius 3 is 2.71 bits per heavy atom. The van der Waals surface area contributed by atoms with Crippen LogP contribution in [0, 0.1) is 5.41 Å². The van der Waals surface area contributed by atoms with Crippen molar-refractivity contribution in [2.45, 2.75) is 33.6 Å². The first-order valence-corrected chi connectivity index (χ1v) is 6.01. The lowest BCUT2D eigenvalue weighted by atomic mass is 9.96. The van der Waals surface area contributed by atoms with Crippen molar-refractivity contribution in [3.05, 3.63) is 18.0 Å². The molecule has 0 saturated carbocycles. The molecule has 2 aromatic rings. The third-order valence-corrected chi connectivity index (χ3v) is 2.73. The summed E-state index contributed by atoms with van der Waals surface area (Å²) in [6, 6.07) is 2.15. The standard InChI is InChI=1S/C12H19BN4/c1-12(2,3)7-17-9(5-13)4-8-6-15-11(14)16-10(8)17/h4,6H,5,7,13H2,1-3H3,(H2,14,15,16). The van der Waals surface area contributed by atoms with Gasteiger partial charge in [0, 0.05) is 23.8 Å². The number of nitrogens with two attached hydrogens (primary N) is 1. The topological polar surface area (TPSA) is 56.7 Å². The Morgan fingerprint density at radius 1 is 1.41 bits per heavy atom. The van der Waals surface area contributed by atoms with E-state index in [9.17, 15) is 0 Å². The zero-order chi connectivity index (χ0) is 12.6. The molecule has 0 fully saturated rings. The Labute approximate surface area is 103 Å². The molecule has 0 saturated heterocycles. The minimum Gasteiger partial charge on any atom is -0.368 e. The van der Waals surface area contributed by atoms with Gasteiger partial charge in [0.25, 0.3) is 0 Å². The maximum absolute atomic E-state index is 5.67. The lowest BCUT2D eigenvalue weighted by molar-refractivity contribution is 0.345. The smallest absolute Gasteiger partial charge is 0.221 e. The fraction of sp³-hybridized carbons (Fsp3) is 0.500. The summed E-state index contributed by atoms with van der Waals surface area (Å²) < 4.78 is 2.26. The highest BCUT2D eigenvalue weighted by atomic mass is 15.1. The van der Waals surface area contributed by atoms with Crippen LogP contribution in [0.4, 0.5) is 5.95 Å². The summed E-state index contributed by atoms with van der Waals surface area (Å²) in [6.07, 6.45) is 2.79. The summed E-state index contributed by atoms with van der Waals surface area (Å²) >= 11 is 0. The lowest BCUT2D eigenvalue weighted by Gasteiger charge is -2.21. The van der Waals surface area contributed by atoms with Crippen LogP contribution in [-0.2, 0) is 12.9 Å². The van der Waals surface area contributed by atoms with Gasteiger partial charge in [0.1, 0.15) is 13.5 Å². The van der Waals surface area contributed by atoms with E-state index >= 15 is 0 Å². The first kappa shape index (κ1) is 12.0. The molecule has 0 aliphatic carbocycles. The summed E-state index contributed by atoms with van der Waals surface area (Å²) in [7, 11) is 2.16. The minimum absolute atomic E-state index is 0.218. The van der Waals surface area contributed by atoms with Crippen molar-refractivity contribution in [1.29, 1.82) is 0 Å². The molecule has 2 N–H and O–H groups in total. The first-order chi connectivity index (χ1) is 7.90. The number of hydrogen-bond acceptors (Lipinski definition) is 3. The number of hydrogen-bond donors (Lipinski definition) is 1. The van der Waals surface area contributed by atoms with Gasteiger partial charge in [-0.05, 0) is 17.8 Å². The third-order valence-electron chi connectivity index (χ3n) is 2.73. The summed E-state index contributed by atoms with van der Waals surface area (Å²) in [5.41, 5.74) is 8.12. The van der Waals surface area contributed by atoms with Gasteiger partial charge in [0.2, 0.25) is 5.95 Å². The number of nitrogens with zero attached hydrogens (tertiary/aromatic N) is 3. The van der Waals surface area contributed by atoms with E-state index in [1.54, 1.807) is 6.20 Å². The van der Waals surface area contributed by atoms with Gasteiger partial charge in [0.15, 0.2) is 0 Å². The van der Waals surface area contributed by atoms with Crippen LogP contribution in [0.15, 0.2) is 12.3 Å². The molecule has 0 amide bonds. The molecule has 0 aromatic carbocycles. The van der Waals surface area contributed by atoms with E-state index in [4.69, 9.17) is 5.73 Å². The number of anilines is 1. The van der Waals surface area contributed by atoms with E-state index in [1.165, 1.54) is 5.69 Å². The van der Waals surface area contributed by atoms with Crippen LogP contribution in [0.25, 0.3) is 11.0 Å². The van der Waals surface area contributed by atoms with Crippen LogP contribution in [-0.4, -0.2) is 22.4 Å². The molecule has 0 aliphatic rings. The molecule has 0 atom stereocenters. The number of fused-ring (bicyclic) bond motifs is 1. The van der Waals surface area contributed by atoms with Crippen LogP contribution >= 0.6 is 0 Å². The predicted octanol–water partition coefficient (Wildman–Crippen LogP) is 1.19. The normalized spacial score (nSPS) is 12.2. The zero-order valence-corrected chi connectivity index (χ0v) is 11.0. The van der Waals surface area contributed by atoms with Gasteiger partial charge in [-0.1, -0.05) is 20.8 Å². The van der Waals surface area contributed by atoms with Crippen LogP contribution in [0.3, 0.4) is 0 Å². The molecule has 2 aromatic heterocycles. The quantitative estimate of drug-likeness (QED) is 0.788. The Kier molecular flexibility index (Phi) is 2.85. The van der Waals surface area contributed by atoms with E-state index in [-0.39, 0.29) is 5.41 Å². The summed E-state index contributed by atoms with van der Waals surface area (Å²) in [5.74, 6) is 0.341. The third kappa shape index (κ3) is 2.43. The van der Waals surface area contributed by atoms with Gasteiger partial charge in [-0.3, -0.25) is 0 Å². The average Bonchev–Trinajstić information content (AvgIpc) is 2.54. The monoisotopic (exact) mass is 230 g/mol. The van der Waals surface area contributed by atoms with Crippen LogP contribution < -0.4 is 5.73 Å². The van der Waals surface area contributed by atoms with Gasteiger partial charge in [-0.25, -0.2) is 4.98 Å². The van der Waals surface area contributed by atoms with E-state index in [0.29, 0.717) is 5.95 Å². The van der Waals surface area contributed by atoms with Crippen LogP contribution in [0.2, 0.25) is 0 Å². The van der Waals surface area contributed by atoms with Gasteiger partial charge >= 0.3 is 0 Å². The Hall–Kier alpha value is -1.52. The van der Waals surface area contributed by atoms with Crippen molar-refractivity contribution in [1.82, 2.24) is 14.5 Å². The van der Waals surface area contributed by atoms with Crippen molar-refractivity contribution in [2.75, 3.05) is 5.73 Å². The molecule has 5 heteroatoms. The maximum Gasteiger partial charge on any atom is 0.221 e. The lowest BCUT2D eigenvalue weighted by Crippen LogP contribution is -2.17. The van der Waals surface area contributed by atoms with E-state index in [0.717, 1.165) is 23.9 Å². The van der Waals surface area contributed by atoms with Crippen molar-refractivity contribution in [3.8, 4) is 0 Å². The number of aromatic nitrogens is 3. The highest BCUT2D eigenvalue weighted by Crippen LogP contribution is 2.24. The molecule has 0 bridgehead atoms.